The Hall–Kier alpha value is -0.730. The number of rotatable bonds is 2. The van der Waals surface area contributed by atoms with Gasteiger partial charge < -0.3 is 11.1 Å². The standard InChI is InChI=1S/C9H18N2O/c1-7(11-9(10)12)8-5-3-2-4-6-8/h7-8H,2-6H2,1H3,(H3,10,11,12)/t7-/m0/s1. The minimum atomic E-state index is -0.395. The summed E-state index contributed by atoms with van der Waals surface area (Å²) in [6.07, 6.45) is 6.42. The van der Waals surface area contributed by atoms with E-state index in [9.17, 15) is 4.79 Å². The third kappa shape index (κ3) is 2.72. The quantitative estimate of drug-likeness (QED) is 0.650. The molecule has 1 aliphatic carbocycles. The van der Waals surface area contributed by atoms with E-state index >= 15 is 0 Å². The lowest BCUT2D eigenvalue weighted by Gasteiger charge is -2.27. The van der Waals surface area contributed by atoms with Gasteiger partial charge in [0.1, 0.15) is 0 Å². The number of carbonyl (C=O) groups is 1. The Morgan fingerprint density at radius 3 is 2.50 bits per heavy atom. The number of nitrogens with one attached hydrogen (secondary N) is 1. The van der Waals surface area contributed by atoms with Crippen LogP contribution < -0.4 is 11.1 Å². The van der Waals surface area contributed by atoms with Crippen LogP contribution in [0.5, 0.6) is 0 Å². The zero-order chi connectivity index (χ0) is 8.97. The van der Waals surface area contributed by atoms with Gasteiger partial charge in [0, 0.05) is 6.04 Å². The van der Waals surface area contributed by atoms with Gasteiger partial charge in [-0.3, -0.25) is 0 Å². The SMILES string of the molecule is C[C@H](NC(N)=O)C1CCCCC1. The van der Waals surface area contributed by atoms with Crippen LogP contribution in [0.15, 0.2) is 0 Å². The summed E-state index contributed by atoms with van der Waals surface area (Å²) in [5.41, 5.74) is 5.05. The van der Waals surface area contributed by atoms with Crippen molar-refractivity contribution in [2.45, 2.75) is 45.1 Å². The van der Waals surface area contributed by atoms with Crippen molar-refractivity contribution >= 4 is 6.03 Å². The highest BCUT2D eigenvalue weighted by atomic mass is 16.2. The molecule has 0 aliphatic heterocycles. The van der Waals surface area contributed by atoms with Gasteiger partial charge in [-0.25, -0.2) is 4.79 Å². The molecule has 3 heteroatoms. The molecule has 1 aliphatic rings. The molecule has 2 amide bonds. The summed E-state index contributed by atoms with van der Waals surface area (Å²) >= 11 is 0. The zero-order valence-corrected chi connectivity index (χ0v) is 7.68. The third-order valence-corrected chi connectivity index (χ3v) is 2.73. The molecule has 0 aromatic heterocycles. The van der Waals surface area contributed by atoms with Crippen LogP contribution >= 0.6 is 0 Å². The van der Waals surface area contributed by atoms with Gasteiger partial charge in [-0.15, -0.1) is 0 Å². The van der Waals surface area contributed by atoms with E-state index in [4.69, 9.17) is 5.73 Å². The van der Waals surface area contributed by atoms with Gasteiger partial charge in [-0.1, -0.05) is 19.3 Å². The first-order valence-corrected chi connectivity index (χ1v) is 4.76. The Bertz CT molecular complexity index is 153. The number of urea groups is 1. The van der Waals surface area contributed by atoms with Crippen molar-refractivity contribution in [3.8, 4) is 0 Å². The molecular weight excluding hydrogens is 152 g/mol. The van der Waals surface area contributed by atoms with E-state index in [1.165, 1.54) is 32.1 Å². The fourth-order valence-electron chi connectivity index (χ4n) is 1.98. The van der Waals surface area contributed by atoms with Gasteiger partial charge in [0.25, 0.3) is 0 Å². The fourth-order valence-corrected chi connectivity index (χ4v) is 1.98. The van der Waals surface area contributed by atoms with Crippen molar-refractivity contribution in [1.29, 1.82) is 0 Å². The summed E-state index contributed by atoms with van der Waals surface area (Å²) in [6.45, 7) is 2.04. The lowest BCUT2D eigenvalue weighted by atomic mass is 9.85. The first kappa shape index (κ1) is 9.36. The van der Waals surface area contributed by atoms with Gasteiger partial charge in [0.05, 0.1) is 0 Å². The normalized spacial score (nSPS) is 21.8. The summed E-state index contributed by atoms with van der Waals surface area (Å²) in [7, 11) is 0. The average molecular weight is 170 g/mol. The molecule has 1 saturated carbocycles. The fraction of sp³-hybridized carbons (Fsp3) is 0.889. The largest absolute Gasteiger partial charge is 0.352 e. The van der Waals surface area contributed by atoms with E-state index in [0.29, 0.717) is 5.92 Å². The monoisotopic (exact) mass is 170 g/mol. The first-order valence-electron chi connectivity index (χ1n) is 4.76. The van der Waals surface area contributed by atoms with Gasteiger partial charge in [-0.05, 0) is 25.7 Å². The molecule has 1 fully saturated rings. The highest BCUT2D eigenvalue weighted by Gasteiger charge is 2.20. The van der Waals surface area contributed by atoms with Crippen LogP contribution in [-0.4, -0.2) is 12.1 Å². The molecule has 0 saturated heterocycles. The van der Waals surface area contributed by atoms with Crippen LogP contribution in [0.4, 0.5) is 4.79 Å². The smallest absolute Gasteiger partial charge is 0.312 e. The van der Waals surface area contributed by atoms with E-state index in [1.807, 2.05) is 6.92 Å². The summed E-state index contributed by atoms with van der Waals surface area (Å²) < 4.78 is 0. The first-order chi connectivity index (χ1) is 5.70. The minimum Gasteiger partial charge on any atom is -0.352 e. The second-order valence-electron chi connectivity index (χ2n) is 3.70. The van der Waals surface area contributed by atoms with E-state index in [2.05, 4.69) is 5.32 Å². The van der Waals surface area contributed by atoms with Gasteiger partial charge >= 0.3 is 6.03 Å². The molecule has 0 aromatic rings. The van der Waals surface area contributed by atoms with Gasteiger partial charge in [0.2, 0.25) is 0 Å². The molecule has 3 nitrogen and oxygen atoms in total. The second-order valence-corrected chi connectivity index (χ2v) is 3.70. The predicted octanol–water partition coefficient (Wildman–Crippen LogP) is 1.62. The maximum atomic E-state index is 10.6. The number of primary amides is 1. The van der Waals surface area contributed by atoms with Crippen molar-refractivity contribution < 1.29 is 4.79 Å². The van der Waals surface area contributed by atoms with Crippen molar-refractivity contribution in [3.05, 3.63) is 0 Å². The number of hydrogen-bond acceptors (Lipinski definition) is 1. The van der Waals surface area contributed by atoms with Crippen LogP contribution in [0.25, 0.3) is 0 Å². The van der Waals surface area contributed by atoms with Gasteiger partial charge in [-0.2, -0.15) is 0 Å². The second kappa shape index (κ2) is 4.33. The molecule has 1 rings (SSSR count). The van der Waals surface area contributed by atoms with E-state index in [1.54, 1.807) is 0 Å². The molecule has 3 N–H and O–H groups in total. The van der Waals surface area contributed by atoms with E-state index < -0.39 is 6.03 Å². The van der Waals surface area contributed by atoms with Crippen LogP contribution in [-0.2, 0) is 0 Å². The number of nitrogens with two attached hydrogens (primary N) is 1. The lowest BCUT2D eigenvalue weighted by molar-refractivity contribution is 0.232. The number of carbonyl (C=O) groups excluding carboxylic acids is 1. The highest BCUT2D eigenvalue weighted by Crippen LogP contribution is 2.26. The zero-order valence-electron chi connectivity index (χ0n) is 7.68. The van der Waals surface area contributed by atoms with E-state index in [0.717, 1.165) is 0 Å². The summed E-state index contributed by atoms with van der Waals surface area (Å²) in [6, 6.07) is -0.143. The van der Waals surface area contributed by atoms with Crippen molar-refractivity contribution in [1.82, 2.24) is 5.32 Å². The average Bonchev–Trinajstić information content (AvgIpc) is 2.05. The summed E-state index contributed by atoms with van der Waals surface area (Å²) in [5, 5.41) is 2.75. The molecule has 0 bridgehead atoms. The molecule has 0 heterocycles. The Kier molecular flexibility index (Phi) is 3.38. The molecule has 0 unspecified atom stereocenters. The maximum absolute atomic E-state index is 10.6. The van der Waals surface area contributed by atoms with E-state index in [-0.39, 0.29) is 6.04 Å². The number of amides is 2. The summed E-state index contributed by atoms with van der Waals surface area (Å²) in [4.78, 5) is 10.6. The maximum Gasteiger partial charge on any atom is 0.312 e. The van der Waals surface area contributed by atoms with Crippen molar-refractivity contribution in [2.24, 2.45) is 11.7 Å². The van der Waals surface area contributed by atoms with Crippen molar-refractivity contribution in [2.75, 3.05) is 0 Å². The van der Waals surface area contributed by atoms with Crippen LogP contribution in [0.1, 0.15) is 39.0 Å². The molecule has 1 atom stereocenters. The Balaban J connectivity index is 2.29. The van der Waals surface area contributed by atoms with Crippen LogP contribution in [0, 0.1) is 5.92 Å². The molecular formula is C9H18N2O. The molecule has 12 heavy (non-hydrogen) atoms. The molecule has 0 aromatic carbocycles. The molecule has 0 radical (unpaired) electrons. The Morgan fingerprint density at radius 1 is 1.42 bits per heavy atom. The van der Waals surface area contributed by atoms with Crippen LogP contribution in [0.3, 0.4) is 0 Å². The highest BCUT2D eigenvalue weighted by molar-refractivity contribution is 5.71. The molecule has 0 spiro atoms. The summed E-state index contributed by atoms with van der Waals surface area (Å²) in [5.74, 6) is 0.645. The molecule has 70 valence electrons. The lowest BCUT2D eigenvalue weighted by Crippen LogP contribution is -2.41. The Labute approximate surface area is 73.7 Å². The van der Waals surface area contributed by atoms with Crippen LogP contribution in [0.2, 0.25) is 0 Å². The minimum absolute atomic E-state index is 0.253. The Morgan fingerprint density at radius 2 is 2.00 bits per heavy atom. The number of hydrogen-bond donors (Lipinski definition) is 2. The topological polar surface area (TPSA) is 55.1 Å². The van der Waals surface area contributed by atoms with Gasteiger partial charge in [0.15, 0.2) is 0 Å². The third-order valence-electron chi connectivity index (χ3n) is 2.73. The predicted molar refractivity (Wildman–Crippen MR) is 48.8 cm³/mol. The van der Waals surface area contributed by atoms with Crippen molar-refractivity contribution in [3.63, 3.8) is 0 Å².